The van der Waals surface area contributed by atoms with Gasteiger partial charge in [0.05, 0.1) is 11.7 Å². The number of hydrogen-bond acceptors (Lipinski definition) is 7. The highest BCUT2D eigenvalue weighted by atomic mass is 16.3. The van der Waals surface area contributed by atoms with Crippen molar-refractivity contribution in [3.05, 3.63) is 108 Å². The summed E-state index contributed by atoms with van der Waals surface area (Å²) < 4.78 is 0. The van der Waals surface area contributed by atoms with E-state index in [-0.39, 0.29) is 11.9 Å². The van der Waals surface area contributed by atoms with E-state index in [9.17, 15) is 15.0 Å². The Hall–Kier alpha value is -4.01. The van der Waals surface area contributed by atoms with Gasteiger partial charge < -0.3 is 20.8 Å². The molecule has 4 aromatic rings. The van der Waals surface area contributed by atoms with E-state index in [1.807, 2.05) is 54.6 Å². The molecule has 3 aliphatic heterocycles. The molecule has 224 valence electrons. The first kappa shape index (κ1) is 30.4. The zero-order chi connectivity index (χ0) is 29.9. The number of benzene rings is 4. The average molecular weight is 579 g/mol. The van der Waals surface area contributed by atoms with Gasteiger partial charge in [-0.3, -0.25) is 14.6 Å². The van der Waals surface area contributed by atoms with Crippen molar-refractivity contribution >= 4 is 6.29 Å². The van der Waals surface area contributed by atoms with Gasteiger partial charge in [0.2, 0.25) is 0 Å². The Morgan fingerprint density at radius 2 is 1.12 bits per heavy atom. The molecule has 43 heavy (non-hydrogen) atoms. The fourth-order valence-electron chi connectivity index (χ4n) is 5.96. The van der Waals surface area contributed by atoms with Crippen LogP contribution in [-0.2, 0) is 0 Å². The lowest BCUT2D eigenvalue weighted by atomic mass is 9.99. The fourth-order valence-corrected chi connectivity index (χ4v) is 5.96. The maximum atomic E-state index is 10.8. The minimum atomic E-state index is 0.0405. The maximum Gasteiger partial charge on any atom is 0.153 e. The lowest BCUT2D eigenvalue weighted by Crippen LogP contribution is -2.38. The van der Waals surface area contributed by atoms with E-state index in [0.717, 1.165) is 61.5 Å². The number of rotatable bonds is 4. The number of aldehydes is 1. The highest BCUT2D eigenvalue weighted by Gasteiger charge is 2.37. The van der Waals surface area contributed by atoms with Crippen LogP contribution in [0.25, 0.3) is 22.3 Å². The largest absolute Gasteiger partial charge is 0.507 e. The summed E-state index contributed by atoms with van der Waals surface area (Å²) in [5, 5.41) is 27.2. The quantitative estimate of drug-likeness (QED) is 0.237. The van der Waals surface area contributed by atoms with Crippen LogP contribution in [0, 0.1) is 0 Å². The third kappa shape index (κ3) is 7.69. The number of nitrogens with one attached hydrogen (secondary N) is 2. The highest BCUT2D eigenvalue weighted by Crippen LogP contribution is 2.41. The molecule has 3 heterocycles. The molecular weight excluding hydrogens is 536 g/mol. The lowest BCUT2D eigenvalue weighted by molar-refractivity contribution is 0.0907. The standard InChI is InChI=1S/C18H20N2O.C13H10O2.C5H12N2/c21-17-15(14-6-2-1-3-7-14)8-4-9-16(17)18-19-10-5-11-20(18)13-12-19;14-9-11-7-4-8-12(13(11)15)10-5-2-1-3-6-10;1-2-6-4-5-7-3-1/h1-4,6-9,18,21H,5,10-13H2;1-9,15H;6-7H,1-5H2. The minimum Gasteiger partial charge on any atom is -0.507 e. The summed E-state index contributed by atoms with van der Waals surface area (Å²) in [5.74, 6) is 0.478. The van der Waals surface area contributed by atoms with Crippen molar-refractivity contribution in [2.45, 2.75) is 19.0 Å². The summed E-state index contributed by atoms with van der Waals surface area (Å²) in [6, 6.07) is 30.9. The molecule has 0 saturated carbocycles. The van der Waals surface area contributed by atoms with E-state index < -0.39 is 0 Å². The summed E-state index contributed by atoms with van der Waals surface area (Å²) >= 11 is 0. The van der Waals surface area contributed by atoms with E-state index in [4.69, 9.17) is 0 Å². The molecule has 2 atom stereocenters. The van der Waals surface area contributed by atoms with Crippen molar-refractivity contribution in [2.75, 3.05) is 52.4 Å². The van der Waals surface area contributed by atoms with Crippen LogP contribution in [0.4, 0.5) is 0 Å². The number of carbonyl (C=O) groups is 1. The number of hydrogen-bond donors (Lipinski definition) is 4. The Balaban J connectivity index is 0.000000145. The summed E-state index contributed by atoms with van der Waals surface area (Å²) in [6.07, 6.45) is 3.42. The van der Waals surface area contributed by atoms with Crippen molar-refractivity contribution in [3.63, 3.8) is 0 Å². The van der Waals surface area contributed by atoms with Crippen molar-refractivity contribution < 1.29 is 15.0 Å². The Morgan fingerprint density at radius 3 is 1.67 bits per heavy atom. The topological polar surface area (TPSA) is 88.1 Å². The van der Waals surface area contributed by atoms with E-state index in [1.54, 1.807) is 18.2 Å². The molecule has 0 radical (unpaired) electrons. The molecule has 0 amide bonds. The molecule has 7 nitrogen and oxygen atoms in total. The first-order chi connectivity index (χ1) is 21.2. The predicted octanol–water partition coefficient (Wildman–Crippen LogP) is 5.52. The molecule has 2 bridgehead atoms. The van der Waals surface area contributed by atoms with Crippen LogP contribution in [0.2, 0.25) is 0 Å². The highest BCUT2D eigenvalue weighted by molar-refractivity contribution is 5.85. The zero-order valence-corrected chi connectivity index (χ0v) is 24.7. The maximum absolute atomic E-state index is 10.8. The van der Waals surface area contributed by atoms with Gasteiger partial charge in [0.1, 0.15) is 11.5 Å². The van der Waals surface area contributed by atoms with Gasteiger partial charge in [0.25, 0.3) is 0 Å². The fraction of sp³-hybridized carbons (Fsp3) is 0.306. The second-order valence-corrected chi connectivity index (χ2v) is 11.0. The van der Waals surface area contributed by atoms with Crippen LogP contribution in [-0.4, -0.2) is 78.7 Å². The van der Waals surface area contributed by atoms with Crippen LogP contribution < -0.4 is 10.6 Å². The Labute approximate surface area is 254 Å². The molecule has 0 aliphatic carbocycles. The van der Waals surface area contributed by atoms with Crippen LogP contribution in [0.15, 0.2) is 97.1 Å². The first-order valence-corrected chi connectivity index (χ1v) is 15.3. The number of fused-ring (bicyclic) bond motifs is 2. The van der Waals surface area contributed by atoms with Crippen LogP contribution in [0.3, 0.4) is 0 Å². The smallest absolute Gasteiger partial charge is 0.153 e. The molecule has 3 aliphatic rings. The SMILES string of the molecule is C1CNCCNC1.O=Cc1cccc(-c2ccccc2)c1O.Oc1c(-c2ccccc2)cccc1C1N2CCCN1CC2. The summed E-state index contributed by atoms with van der Waals surface area (Å²) in [5.41, 5.74) is 4.95. The lowest BCUT2D eigenvalue weighted by Gasteiger charge is -2.35. The molecule has 3 fully saturated rings. The predicted molar refractivity (Wildman–Crippen MR) is 173 cm³/mol. The van der Waals surface area contributed by atoms with E-state index in [2.05, 4.69) is 44.7 Å². The Morgan fingerprint density at radius 1 is 0.581 bits per heavy atom. The van der Waals surface area contributed by atoms with Gasteiger partial charge in [0.15, 0.2) is 6.29 Å². The van der Waals surface area contributed by atoms with Gasteiger partial charge in [-0.25, -0.2) is 0 Å². The number of phenols is 2. The Kier molecular flexibility index (Phi) is 10.9. The second kappa shape index (κ2) is 15.5. The number of nitrogens with zero attached hydrogens (tertiary/aromatic N) is 2. The van der Waals surface area contributed by atoms with Crippen molar-refractivity contribution in [1.29, 1.82) is 0 Å². The van der Waals surface area contributed by atoms with Crippen LogP contribution in [0.5, 0.6) is 11.5 Å². The van der Waals surface area contributed by atoms with Gasteiger partial charge in [-0.1, -0.05) is 91.0 Å². The first-order valence-electron chi connectivity index (χ1n) is 15.3. The molecular formula is C36H42N4O3. The number of phenolic OH excluding ortho intramolecular Hbond substituents is 2. The van der Waals surface area contributed by atoms with Crippen molar-refractivity contribution in [1.82, 2.24) is 20.4 Å². The van der Waals surface area contributed by atoms with Gasteiger partial charge in [-0.05, 0) is 43.1 Å². The van der Waals surface area contributed by atoms with Gasteiger partial charge >= 0.3 is 0 Å². The number of carbonyl (C=O) groups excluding carboxylic acids is 1. The molecule has 2 unspecified atom stereocenters. The van der Waals surface area contributed by atoms with Gasteiger partial charge in [0, 0.05) is 56.0 Å². The van der Waals surface area contributed by atoms with Crippen LogP contribution in [0.1, 0.15) is 34.9 Å². The monoisotopic (exact) mass is 578 g/mol. The van der Waals surface area contributed by atoms with Gasteiger partial charge in [-0.2, -0.15) is 0 Å². The molecule has 7 heteroatoms. The average Bonchev–Trinajstić information content (AvgIpc) is 3.26. The third-order valence-corrected chi connectivity index (χ3v) is 8.15. The van der Waals surface area contributed by atoms with Gasteiger partial charge in [-0.15, -0.1) is 0 Å². The summed E-state index contributed by atoms with van der Waals surface area (Å²) in [4.78, 5) is 15.6. The van der Waals surface area contributed by atoms with Crippen molar-refractivity contribution in [3.8, 4) is 33.8 Å². The second-order valence-electron chi connectivity index (χ2n) is 11.0. The zero-order valence-electron chi connectivity index (χ0n) is 24.7. The molecule has 3 saturated heterocycles. The van der Waals surface area contributed by atoms with E-state index in [0.29, 0.717) is 23.2 Å². The third-order valence-electron chi connectivity index (χ3n) is 8.15. The minimum absolute atomic E-state index is 0.0405. The number of aromatic hydroxyl groups is 2. The van der Waals surface area contributed by atoms with E-state index in [1.165, 1.54) is 25.9 Å². The van der Waals surface area contributed by atoms with E-state index >= 15 is 0 Å². The summed E-state index contributed by atoms with van der Waals surface area (Å²) in [6.45, 7) is 9.14. The molecule has 7 rings (SSSR count). The van der Waals surface area contributed by atoms with Crippen LogP contribution >= 0.6 is 0 Å². The molecule has 0 aromatic heterocycles. The van der Waals surface area contributed by atoms with Crippen molar-refractivity contribution in [2.24, 2.45) is 0 Å². The summed E-state index contributed by atoms with van der Waals surface area (Å²) in [7, 11) is 0. The normalized spacial score (nSPS) is 20.9. The molecule has 0 spiro atoms. The molecule has 4 aromatic carbocycles. The molecule has 4 N–H and O–H groups in total. The number of para-hydroxylation sites is 2. The Bertz CT molecular complexity index is 1410.